The summed E-state index contributed by atoms with van der Waals surface area (Å²) in [5.41, 5.74) is 5.58. The lowest BCUT2D eigenvalue weighted by Gasteiger charge is -2.39. The Labute approximate surface area is 196 Å². The van der Waals surface area contributed by atoms with Crippen molar-refractivity contribution in [3.63, 3.8) is 0 Å². The first kappa shape index (κ1) is 23.3. The Bertz CT molecular complexity index is 983. The Morgan fingerprint density at radius 2 is 1.67 bits per heavy atom. The summed E-state index contributed by atoms with van der Waals surface area (Å²) in [4.78, 5) is 32.1. The Hall–Kier alpha value is -2.90. The first-order valence-electron chi connectivity index (χ1n) is 11.8. The van der Waals surface area contributed by atoms with E-state index in [0.717, 1.165) is 51.1 Å². The molecule has 0 aromatic heterocycles. The minimum atomic E-state index is -0.636. The number of amides is 2. The van der Waals surface area contributed by atoms with Crippen LogP contribution in [0.5, 0.6) is 0 Å². The van der Waals surface area contributed by atoms with Crippen LogP contribution >= 0.6 is 0 Å². The van der Waals surface area contributed by atoms with Crippen molar-refractivity contribution in [2.24, 2.45) is 0 Å². The van der Waals surface area contributed by atoms with Crippen LogP contribution in [0.1, 0.15) is 29.2 Å². The van der Waals surface area contributed by atoms with Gasteiger partial charge in [-0.2, -0.15) is 0 Å². The minimum absolute atomic E-state index is 0.0346. The third-order valence-corrected chi connectivity index (χ3v) is 6.79. The van der Waals surface area contributed by atoms with E-state index < -0.39 is 11.8 Å². The largest absolute Gasteiger partial charge is 0.374 e. The van der Waals surface area contributed by atoms with Gasteiger partial charge >= 0.3 is 11.8 Å². The van der Waals surface area contributed by atoms with Gasteiger partial charge in [-0.15, -0.1) is 0 Å². The molecule has 2 aromatic rings. The number of anilines is 2. The van der Waals surface area contributed by atoms with Gasteiger partial charge in [0, 0.05) is 57.7 Å². The molecule has 4 rings (SSSR count). The van der Waals surface area contributed by atoms with Crippen LogP contribution in [-0.2, 0) is 16.0 Å². The van der Waals surface area contributed by atoms with Crippen LogP contribution in [0.15, 0.2) is 42.5 Å². The number of benzene rings is 2. The van der Waals surface area contributed by atoms with Gasteiger partial charge in [0.1, 0.15) is 0 Å². The zero-order valence-electron chi connectivity index (χ0n) is 19.9. The fraction of sp³-hybridized carbons (Fsp3) is 0.462. The van der Waals surface area contributed by atoms with Crippen molar-refractivity contribution in [2.75, 3.05) is 63.6 Å². The standard InChI is InChI=1S/C26H35N5O2/c1-19-6-9-22(10-7-19)28-26(33)25(32)27-18-24(31-15-13-29(2)14-16-31)21-8-11-23-20(17-21)5-4-12-30(23)3/h6-11,17,24H,4-5,12-16,18H2,1-3H3,(H,27,32)(H,28,33)/t24-/m1/s1. The van der Waals surface area contributed by atoms with Crippen LogP contribution in [0.4, 0.5) is 11.4 Å². The maximum atomic E-state index is 12.6. The molecule has 1 fully saturated rings. The molecule has 2 aromatic carbocycles. The highest BCUT2D eigenvalue weighted by molar-refractivity contribution is 6.39. The van der Waals surface area contributed by atoms with E-state index in [1.807, 2.05) is 19.1 Å². The Morgan fingerprint density at radius 1 is 0.939 bits per heavy atom. The molecule has 7 nitrogen and oxygen atoms in total. The summed E-state index contributed by atoms with van der Waals surface area (Å²) in [6.07, 6.45) is 2.23. The van der Waals surface area contributed by atoms with Gasteiger partial charge in [-0.1, -0.05) is 29.8 Å². The van der Waals surface area contributed by atoms with E-state index in [0.29, 0.717) is 12.2 Å². The zero-order valence-corrected chi connectivity index (χ0v) is 19.9. The van der Waals surface area contributed by atoms with E-state index in [9.17, 15) is 9.59 Å². The highest BCUT2D eigenvalue weighted by Gasteiger charge is 2.27. The second-order valence-electron chi connectivity index (χ2n) is 9.30. The maximum absolute atomic E-state index is 12.6. The lowest BCUT2D eigenvalue weighted by atomic mass is 9.95. The van der Waals surface area contributed by atoms with Crippen LogP contribution in [0.3, 0.4) is 0 Å². The summed E-state index contributed by atoms with van der Waals surface area (Å²) in [7, 11) is 4.28. The third-order valence-electron chi connectivity index (χ3n) is 6.79. The first-order valence-corrected chi connectivity index (χ1v) is 11.8. The molecular formula is C26H35N5O2. The fourth-order valence-corrected chi connectivity index (χ4v) is 4.70. The highest BCUT2D eigenvalue weighted by Crippen LogP contribution is 2.31. The minimum Gasteiger partial charge on any atom is -0.374 e. The number of hydrogen-bond acceptors (Lipinski definition) is 5. The van der Waals surface area contributed by atoms with Crippen LogP contribution in [0, 0.1) is 6.92 Å². The molecular weight excluding hydrogens is 414 g/mol. The number of aryl methyl sites for hydroxylation is 2. The Morgan fingerprint density at radius 3 is 2.39 bits per heavy atom. The molecule has 2 aliphatic heterocycles. The second kappa shape index (κ2) is 10.4. The van der Waals surface area contributed by atoms with Crippen molar-refractivity contribution in [3.8, 4) is 0 Å². The molecule has 33 heavy (non-hydrogen) atoms. The molecule has 7 heteroatoms. The Balaban J connectivity index is 1.46. The number of carbonyl (C=O) groups excluding carboxylic acids is 2. The number of hydrogen-bond donors (Lipinski definition) is 2. The van der Waals surface area contributed by atoms with Crippen LogP contribution < -0.4 is 15.5 Å². The molecule has 0 spiro atoms. The summed E-state index contributed by atoms with van der Waals surface area (Å²) in [5, 5.41) is 5.58. The zero-order chi connectivity index (χ0) is 23.4. The predicted molar refractivity (Wildman–Crippen MR) is 133 cm³/mol. The van der Waals surface area contributed by atoms with E-state index in [2.05, 4.69) is 57.6 Å². The van der Waals surface area contributed by atoms with E-state index in [-0.39, 0.29) is 6.04 Å². The SMILES string of the molecule is Cc1ccc(NC(=O)C(=O)NC[C@H](c2ccc3c(c2)CCCN3C)N2CCN(C)CC2)cc1. The summed E-state index contributed by atoms with van der Waals surface area (Å²) >= 11 is 0. The van der Waals surface area contributed by atoms with Gasteiger partial charge in [-0.05, 0) is 56.1 Å². The number of fused-ring (bicyclic) bond motifs is 1. The van der Waals surface area contributed by atoms with Gasteiger partial charge in [-0.3, -0.25) is 14.5 Å². The number of nitrogens with zero attached hydrogens (tertiary/aromatic N) is 3. The second-order valence-corrected chi connectivity index (χ2v) is 9.30. The molecule has 1 atom stereocenters. The lowest BCUT2D eigenvalue weighted by molar-refractivity contribution is -0.136. The molecule has 2 N–H and O–H groups in total. The van der Waals surface area contributed by atoms with E-state index in [4.69, 9.17) is 0 Å². The molecule has 2 amide bonds. The number of nitrogens with one attached hydrogen (secondary N) is 2. The average molecular weight is 450 g/mol. The van der Waals surface area contributed by atoms with Crippen LogP contribution in [0.2, 0.25) is 0 Å². The van der Waals surface area contributed by atoms with Crippen molar-refractivity contribution < 1.29 is 9.59 Å². The molecule has 0 radical (unpaired) electrons. The number of carbonyl (C=O) groups is 2. The smallest absolute Gasteiger partial charge is 0.313 e. The number of piperazine rings is 1. The van der Waals surface area contributed by atoms with Crippen molar-refractivity contribution >= 4 is 23.2 Å². The molecule has 2 heterocycles. The maximum Gasteiger partial charge on any atom is 0.313 e. The Kier molecular flexibility index (Phi) is 7.30. The van der Waals surface area contributed by atoms with Crippen molar-refractivity contribution in [1.82, 2.24) is 15.1 Å². The van der Waals surface area contributed by atoms with Crippen LogP contribution in [-0.4, -0.2) is 75.0 Å². The fourth-order valence-electron chi connectivity index (χ4n) is 4.70. The van der Waals surface area contributed by atoms with Gasteiger partial charge in [0.2, 0.25) is 0 Å². The van der Waals surface area contributed by atoms with Gasteiger partial charge in [-0.25, -0.2) is 0 Å². The molecule has 1 saturated heterocycles. The topological polar surface area (TPSA) is 67.9 Å². The van der Waals surface area contributed by atoms with Crippen molar-refractivity contribution in [1.29, 1.82) is 0 Å². The quantitative estimate of drug-likeness (QED) is 0.687. The van der Waals surface area contributed by atoms with Gasteiger partial charge in [0.15, 0.2) is 0 Å². The summed E-state index contributed by atoms with van der Waals surface area (Å²) in [6, 6.07) is 14.1. The molecule has 2 aliphatic rings. The normalized spacial score (nSPS) is 17.8. The summed E-state index contributed by atoms with van der Waals surface area (Å²) in [5.74, 6) is -1.24. The third kappa shape index (κ3) is 5.72. The molecule has 0 saturated carbocycles. The number of likely N-dealkylation sites (N-methyl/N-ethyl adjacent to an activating group) is 1. The van der Waals surface area contributed by atoms with Crippen molar-refractivity contribution in [3.05, 3.63) is 59.2 Å². The number of rotatable bonds is 5. The van der Waals surface area contributed by atoms with Gasteiger partial charge in [0.25, 0.3) is 0 Å². The van der Waals surface area contributed by atoms with E-state index >= 15 is 0 Å². The van der Waals surface area contributed by atoms with E-state index in [1.54, 1.807) is 12.1 Å². The first-order chi connectivity index (χ1) is 15.9. The summed E-state index contributed by atoms with van der Waals surface area (Å²) in [6.45, 7) is 7.32. The molecule has 0 unspecified atom stereocenters. The molecule has 0 aliphatic carbocycles. The molecule has 0 bridgehead atoms. The summed E-state index contributed by atoms with van der Waals surface area (Å²) < 4.78 is 0. The molecule has 176 valence electrons. The van der Waals surface area contributed by atoms with Crippen LogP contribution in [0.25, 0.3) is 0 Å². The van der Waals surface area contributed by atoms with E-state index in [1.165, 1.54) is 16.8 Å². The van der Waals surface area contributed by atoms with Gasteiger partial charge < -0.3 is 20.4 Å². The average Bonchev–Trinajstić information content (AvgIpc) is 2.81. The van der Waals surface area contributed by atoms with Crippen molar-refractivity contribution in [2.45, 2.75) is 25.8 Å². The predicted octanol–water partition coefficient (Wildman–Crippen LogP) is 2.42. The van der Waals surface area contributed by atoms with Gasteiger partial charge in [0.05, 0.1) is 6.04 Å². The lowest BCUT2D eigenvalue weighted by Crippen LogP contribution is -2.49. The highest BCUT2D eigenvalue weighted by atomic mass is 16.2. The monoisotopic (exact) mass is 449 g/mol.